The molecule has 1 fully saturated rings. The third-order valence-electron chi connectivity index (χ3n) is 7.10. The van der Waals surface area contributed by atoms with Gasteiger partial charge < -0.3 is 24.4 Å². The van der Waals surface area contributed by atoms with Crippen LogP contribution in [0.5, 0.6) is 0 Å². The highest BCUT2D eigenvalue weighted by Crippen LogP contribution is 2.38. The van der Waals surface area contributed by atoms with E-state index in [2.05, 4.69) is 32.0 Å². The molecule has 2 aliphatic heterocycles. The number of nitrogens with one attached hydrogen (secondary N) is 1. The first-order valence-electron chi connectivity index (χ1n) is 12.8. The standard InChI is InChI=1S/C27H28F3N7O2/c1-2-35-11-13-36(14-12-35)20-5-3-19(4-6-20)33-26-32-16-21(27(28,29)30)25(34-26)22-15-18-8-10-37(17-23(18)39-22)24(38)7-9-31/h3-6,15-16H,2,7-8,10-14,17H2,1H3,(H,32,33,34). The van der Waals surface area contributed by atoms with Gasteiger partial charge in [0.15, 0.2) is 5.76 Å². The molecule has 0 aliphatic carbocycles. The number of benzene rings is 1. The number of nitrogens with zero attached hydrogens (tertiary/aromatic N) is 6. The zero-order chi connectivity index (χ0) is 27.6. The predicted octanol–water partition coefficient (Wildman–Crippen LogP) is 4.44. The SMILES string of the molecule is CCN1CCN(c2ccc(Nc3ncc(C(F)(F)F)c(-c4cc5c(o4)CN(C(=O)CC#N)CC5)n3)cc2)CC1. The summed E-state index contributed by atoms with van der Waals surface area (Å²) in [7, 11) is 0. The van der Waals surface area contributed by atoms with Crippen LogP contribution in [0.25, 0.3) is 11.5 Å². The van der Waals surface area contributed by atoms with Crippen molar-refractivity contribution in [3.05, 3.63) is 53.4 Å². The minimum absolute atomic E-state index is 0.00232. The molecular weight excluding hydrogens is 511 g/mol. The summed E-state index contributed by atoms with van der Waals surface area (Å²) in [5.41, 5.74) is 1.03. The molecule has 0 unspecified atom stereocenters. The van der Waals surface area contributed by atoms with Gasteiger partial charge >= 0.3 is 6.18 Å². The molecule has 1 N–H and O–H groups in total. The summed E-state index contributed by atoms with van der Waals surface area (Å²) in [5, 5.41) is 11.8. The van der Waals surface area contributed by atoms with Crippen LogP contribution in [0.1, 0.15) is 30.2 Å². The molecule has 1 aromatic carbocycles. The van der Waals surface area contributed by atoms with Crippen LogP contribution in [0.3, 0.4) is 0 Å². The fraction of sp³-hybridized carbons (Fsp3) is 0.407. The van der Waals surface area contributed by atoms with Crippen molar-refractivity contribution in [1.82, 2.24) is 19.8 Å². The molecule has 4 heterocycles. The zero-order valence-corrected chi connectivity index (χ0v) is 21.5. The van der Waals surface area contributed by atoms with Gasteiger partial charge in [-0.3, -0.25) is 4.79 Å². The van der Waals surface area contributed by atoms with Crippen LogP contribution in [0.4, 0.5) is 30.5 Å². The number of hydrogen-bond acceptors (Lipinski definition) is 8. The summed E-state index contributed by atoms with van der Waals surface area (Å²) in [6, 6.07) is 11.0. The highest BCUT2D eigenvalue weighted by Gasteiger charge is 2.37. The Labute approximate surface area is 223 Å². The first kappa shape index (κ1) is 26.5. The summed E-state index contributed by atoms with van der Waals surface area (Å²) >= 11 is 0. The Morgan fingerprint density at radius 3 is 2.56 bits per heavy atom. The van der Waals surface area contributed by atoms with Crippen molar-refractivity contribution in [2.45, 2.75) is 32.5 Å². The normalized spacial score (nSPS) is 16.1. The van der Waals surface area contributed by atoms with Crippen molar-refractivity contribution in [1.29, 1.82) is 5.26 Å². The number of nitriles is 1. The number of rotatable bonds is 6. The maximum Gasteiger partial charge on any atom is 0.420 e. The van der Waals surface area contributed by atoms with E-state index < -0.39 is 11.7 Å². The molecule has 0 spiro atoms. The van der Waals surface area contributed by atoms with Gasteiger partial charge in [0.2, 0.25) is 11.9 Å². The van der Waals surface area contributed by atoms with E-state index in [1.807, 2.05) is 30.3 Å². The van der Waals surface area contributed by atoms with Crippen LogP contribution in [0.15, 0.2) is 40.9 Å². The molecular formula is C27H28F3N7O2. The van der Waals surface area contributed by atoms with Crippen LogP contribution in [-0.2, 0) is 23.9 Å². The van der Waals surface area contributed by atoms with Gasteiger partial charge in [-0.1, -0.05) is 6.92 Å². The number of likely N-dealkylation sites (N-methyl/N-ethyl adjacent to an activating group) is 1. The van der Waals surface area contributed by atoms with Crippen LogP contribution in [0.2, 0.25) is 0 Å². The van der Waals surface area contributed by atoms with Crippen LogP contribution in [-0.4, -0.2) is 64.9 Å². The summed E-state index contributed by atoms with van der Waals surface area (Å²) in [6.07, 6.45) is -3.80. The van der Waals surface area contributed by atoms with Gasteiger partial charge in [0.25, 0.3) is 0 Å². The Kier molecular flexibility index (Phi) is 7.43. The maximum absolute atomic E-state index is 13.9. The molecule has 2 aromatic heterocycles. The van der Waals surface area contributed by atoms with E-state index in [0.29, 0.717) is 30.0 Å². The molecule has 1 amide bonds. The first-order chi connectivity index (χ1) is 18.7. The molecule has 12 heteroatoms. The number of fused-ring (bicyclic) bond motifs is 1. The second-order valence-corrected chi connectivity index (χ2v) is 9.51. The zero-order valence-electron chi connectivity index (χ0n) is 21.5. The number of anilines is 3. The number of amides is 1. The summed E-state index contributed by atoms with van der Waals surface area (Å²) in [4.78, 5) is 26.4. The van der Waals surface area contributed by atoms with Gasteiger partial charge in [-0.05, 0) is 48.9 Å². The van der Waals surface area contributed by atoms with Crippen molar-refractivity contribution in [2.24, 2.45) is 0 Å². The van der Waals surface area contributed by atoms with Crippen molar-refractivity contribution in [3.8, 4) is 17.5 Å². The molecule has 204 valence electrons. The van der Waals surface area contributed by atoms with Crippen molar-refractivity contribution in [3.63, 3.8) is 0 Å². The van der Waals surface area contributed by atoms with Crippen LogP contribution >= 0.6 is 0 Å². The molecule has 0 bridgehead atoms. The molecule has 0 radical (unpaired) electrons. The number of alkyl halides is 3. The lowest BCUT2D eigenvalue weighted by atomic mass is 10.1. The Balaban J connectivity index is 1.36. The number of halogens is 3. The molecule has 3 aromatic rings. The third kappa shape index (κ3) is 5.83. The second-order valence-electron chi connectivity index (χ2n) is 9.51. The molecule has 0 atom stereocenters. The Morgan fingerprint density at radius 1 is 1.15 bits per heavy atom. The highest BCUT2D eigenvalue weighted by atomic mass is 19.4. The van der Waals surface area contributed by atoms with E-state index in [1.54, 1.807) is 0 Å². The van der Waals surface area contributed by atoms with Gasteiger partial charge in [-0.15, -0.1) is 0 Å². The Morgan fingerprint density at radius 2 is 1.90 bits per heavy atom. The van der Waals surface area contributed by atoms with Gasteiger partial charge in [-0.25, -0.2) is 9.97 Å². The maximum atomic E-state index is 13.9. The van der Waals surface area contributed by atoms with E-state index in [1.165, 1.54) is 11.0 Å². The largest absolute Gasteiger partial charge is 0.457 e. The second kappa shape index (κ2) is 10.9. The average molecular weight is 540 g/mol. The van der Waals surface area contributed by atoms with Crippen molar-refractivity contribution in [2.75, 3.05) is 49.5 Å². The number of aromatic nitrogens is 2. The third-order valence-corrected chi connectivity index (χ3v) is 7.10. The lowest BCUT2D eigenvalue weighted by molar-refractivity contribution is -0.137. The quantitative estimate of drug-likeness (QED) is 0.491. The number of piperazine rings is 1. The fourth-order valence-corrected chi connectivity index (χ4v) is 4.87. The summed E-state index contributed by atoms with van der Waals surface area (Å²) in [5.74, 6) is -0.00424. The molecule has 1 saturated heterocycles. The van der Waals surface area contributed by atoms with Gasteiger partial charge in [-0.2, -0.15) is 18.4 Å². The number of carbonyl (C=O) groups excluding carboxylic acids is 1. The fourth-order valence-electron chi connectivity index (χ4n) is 4.87. The van der Waals surface area contributed by atoms with Crippen molar-refractivity contribution >= 4 is 23.2 Å². The topological polar surface area (TPSA) is 102 Å². The van der Waals surface area contributed by atoms with E-state index >= 15 is 0 Å². The monoisotopic (exact) mass is 539 g/mol. The smallest absolute Gasteiger partial charge is 0.420 e. The summed E-state index contributed by atoms with van der Waals surface area (Å²) < 4.78 is 47.4. The predicted molar refractivity (Wildman–Crippen MR) is 138 cm³/mol. The number of carbonyl (C=O) groups is 1. The minimum Gasteiger partial charge on any atom is -0.457 e. The van der Waals surface area contributed by atoms with Gasteiger partial charge in [0, 0.05) is 50.3 Å². The highest BCUT2D eigenvalue weighted by molar-refractivity contribution is 5.78. The van der Waals surface area contributed by atoms with Gasteiger partial charge in [0.1, 0.15) is 23.4 Å². The molecule has 39 heavy (non-hydrogen) atoms. The first-order valence-corrected chi connectivity index (χ1v) is 12.8. The van der Waals surface area contributed by atoms with Crippen molar-refractivity contribution < 1.29 is 22.4 Å². The average Bonchev–Trinajstić information content (AvgIpc) is 3.37. The van der Waals surface area contributed by atoms with E-state index in [9.17, 15) is 18.0 Å². The van der Waals surface area contributed by atoms with Crippen LogP contribution in [0, 0.1) is 11.3 Å². The van der Waals surface area contributed by atoms with E-state index in [-0.39, 0.29) is 36.3 Å². The Bertz CT molecular complexity index is 1370. The minimum atomic E-state index is -4.70. The number of hydrogen-bond donors (Lipinski definition) is 1. The van der Waals surface area contributed by atoms with Gasteiger partial charge in [0.05, 0.1) is 12.6 Å². The molecule has 5 rings (SSSR count). The van der Waals surface area contributed by atoms with E-state index in [0.717, 1.165) is 44.6 Å². The molecule has 2 aliphatic rings. The summed E-state index contributed by atoms with van der Waals surface area (Å²) in [6.45, 7) is 7.51. The van der Waals surface area contributed by atoms with Crippen LogP contribution < -0.4 is 10.2 Å². The van der Waals surface area contributed by atoms with E-state index in [4.69, 9.17) is 9.68 Å². The number of furan rings is 1. The lowest BCUT2D eigenvalue weighted by Crippen LogP contribution is -2.46. The Hall–Kier alpha value is -4.11. The molecule has 9 nitrogen and oxygen atoms in total. The lowest BCUT2D eigenvalue weighted by Gasteiger charge is -2.35. The molecule has 0 saturated carbocycles.